The molecule has 0 rings (SSSR count). The van der Waals surface area contributed by atoms with Crippen molar-refractivity contribution < 1.29 is 15.5 Å². The van der Waals surface area contributed by atoms with Gasteiger partial charge in [-0.3, -0.25) is 0 Å². The van der Waals surface area contributed by atoms with Crippen molar-refractivity contribution in [1.29, 1.82) is 0 Å². The fourth-order valence-corrected chi connectivity index (χ4v) is 2.01. The largest absolute Gasteiger partial charge is 2.00 e. The van der Waals surface area contributed by atoms with Crippen LogP contribution in [0, 0.1) is 0 Å². The monoisotopic (exact) mass is 204 g/mol. The maximum absolute atomic E-state index is 8.38. The molecule has 0 bridgehead atoms. The summed E-state index contributed by atoms with van der Waals surface area (Å²) in [5, 5.41) is 16.8. The average Bonchev–Trinajstić information content (AvgIpc) is 1.93. The summed E-state index contributed by atoms with van der Waals surface area (Å²) in [5.41, 5.74) is 0. The van der Waals surface area contributed by atoms with E-state index < -0.39 is 7.69 Å². The van der Waals surface area contributed by atoms with Crippen molar-refractivity contribution in [3.8, 4) is 0 Å². The van der Waals surface area contributed by atoms with Crippen molar-refractivity contribution >= 4 is 38.7 Å². The second-order valence-electron chi connectivity index (χ2n) is 1.74. The number of hydrogen-bond donors (Lipinski definition) is 0. The first-order valence-electron chi connectivity index (χ1n) is 3.65. The molecule has 0 unspecified atom stereocenters. The molecule has 0 aliphatic carbocycles. The fourth-order valence-electron chi connectivity index (χ4n) is 0.671. The Morgan fingerprint density at radius 2 is 1.17 bits per heavy atom. The molecule has 0 aliphatic heterocycles. The topological polar surface area (TPSA) is 77.6 Å². The summed E-state index contributed by atoms with van der Waals surface area (Å²) in [5.74, 6) is 0. The van der Waals surface area contributed by atoms with Gasteiger partial charge in [0.1, 0.15) is 0 Å². The molecule has 0 aromatic heterocycles. The van der Waals surface area contributed by atoms with Crippen LogP contribution >= 0.6 is 7.92 Å². The van der Waals surface area contributed by atoms with E-state index in [2.05, 4.69) is 20.8 Å². The quantitative estimate of drug-likeness (QED) is 0.405. The molecule has 0 radical (unpaired) electrons. The Morgan fingerprint density at radius 3 is 1.17 bits per heavy atom. The fraction of sp³-hybridized carbons (Fsp3) is 1.00. The zero-order valence-electron chi connectivity index (χ0n) is 8.30. The molecule has 0 atom stereocenters. The van der Waals surface area contributed by atoms with E-state index in [1.807, 2.05) is 0 Å². The smallest absolute Gasteiger partial charge is 0.896 e. The van der Waals surface area contributed by atoms with E-state index in [0.717, 1.165) is 0 Å². The Labute approximate surface area is 93.5 Å². The zero-order chi connectivity index (χ0) is 8.41. The second kappa shape index (κ2) is 22.7. The Morgan fingerprint density at radius 1 is 1.00 bits per heavy atom. The summed E-state index contributed by atoms with van der Waals surface area (Å²) in [6, 6.07) is 0. The van der Waals surface area contributed by atoms with Gasteiger partial charge in [-0.25, -0.2) is 0 Å². The minimum atomic E-state index is -1.25. The summed E-state index contributed by atoms with van der Waals surface area (Å²) in [7, 11) is -0.804. The van der Waals surface area contributed by atoms with Crippen LogP contribution in [0.3, 0.4) is 0 Å². The first-order chi connectivity index (χ1) is 4.76. The van der Waals surface area contributed by atoms with Crippen LogP contribution in [0.5, 0.6) is 0 Å². The minimum Gasteiger partial charge on any atom is -0.896 e. The van der Waals surface area contributed by atoms with Crippen LogP contribution in [0.1, 0.15) is 20.8 Å². The molecule has 0 spiro atoms. The molecule has 0 saturated heterocycles. The summed E-state index contributed by atoms with van der Waals surface area (Å²) < 4.78 is 0. The van der Waals surface area contributed by atoms with Crippen LogP contribution in [-0.2, 0) is 0 Å². The molecule has 0 aromatic rings. The van der Waals surface area contributed by atoms with Crippen LogP contribution in [0.25, 0.3) is 0 Å². The van der Waals surface area contributed by atoms with Crippen molar-refractivity contribution in [1.82, 2.24) is 0 Å². The molecule has 70 valence electrons. The van der Waals surface area contributed by atoms with Gasteiger partial charge in [0.05, 0.1) is 0 Å². The first-order valence-corrected chi connectivity index (χ1v) is 5.54. The van der Waals surface area contributed by atoms with E-state index >= 15 is 0 Å². The van der Waals surface area contributed by atoms with Crippen molar-refractivity contribution in [2.75, 3.05) is 18.5 Å². The molecule has 0 saturated carbocycles. The molecule has 6 heteroatoms. The summed E-state index contributed by atoms with van der Waals surface area (Å²) in [6.45, 7) is 6.87. The molecule has 12 heavy (non-hydrogen) atoms. The van der Waals surface area contributed by atoms with Crippen LogP contribution in [0.4, 0.5) is 0 Å². The molecule has 0 aliphatic rings. The standard InChI is InChI=1S/C6H15P.BHO2.Mg.H2O/c1-4-7(5-2)6-3;2-1-3;;/h4-6H2,1-3H3;1H;;1H2/q;-2;+2;. The normalized spacial score (nSPS) is 7.17. The summed E-state index contributed by atoms with van der Waals surface area (Å²) in [4.78, 5) is 0. The maximum atomic E-state index is 8.38. The first kappa shape index (κ1) is 23.2. The Bertz CT molecular complexity index is 52.5. The number of rotatable bonds is 3. The van der Waals surface area contributed by atoms with Gasteiger partial charge in [-0.15, -0.1) is 15.6 Å². The maximum Gasteiger partial charge on any atom is 2.00 e. The Balaban J connectivity index is -0.0000000569. The van der Waals surface area contributed by atoms with E-state index in [-0.39, 0.29) is 28.5 Å². The summed E-state index contributed by atoms with van der Waals surface area (Å²) >= 11 is 0. The van der Waals surface area contributed by atoms with E-state index in [4.69, 9.17) is 10.0 Å². The summed E-state index contributed by atoms with van der Waals surface area (Å²) in [6.07, 6.45) is 4.26. The van der Waals surface area contributed by atoms with E-state index in [1.165, 1.54) is 18.5 Å². The van der Waals surface area contributed by atoms with Gasteiger partial charge in [-0.1, -0.05) is 20.8 Å². The Kier molecular flexibility index (Phi) is 43.9. The predicted octanol–water partition coefficient (Wildman–Crippen LogP) is -1.70. The van der Waals surface area contributed by atoms with Crippen molar-refractivity contribution in [2.24, 2.45) is 0 Å². The van der Waals surface area contributed by atoms with Gasteiger partial charge < -0.3 is 15.5 Å². The molecule has 2 N–H and O–H groups in total. The minimum absolute atomic E-state index is 0. The Hall–Kier alpha value is 1.14. The van der Waals surface area contributed by atoms with Gasteiger partial charge in [0, 0.05) is 0 Å². The van der Waals surface area contributed by atoms with Crippen LogP contribution in [0.15, 0.2) is 0 Å². The number of hydrogen-bond acceptors (Lipinski definition) is 2. The predicted molar refractivity (Wildman–Crippen MR) is 55.1 cm³/mol. The van der Waals surface area contributed by atoms with Crippen molar-refractivity contribution in [2.45, 2.75) is 20.8 Å². The molecular weight excluding hydrogens is 186 g/mol. The van der Waals surface area contributed by atoms with Gasteiger partial charge in [-0.05, 0) is 18.5 Å². The molecule has 0 heterocycles. The third kappa shape index (κ3) is 22.5. The molecule has 0 fully saturated rings. The van der Waals surface area contributed by atoms with Crippen LogP contribution in [-0.4, -0.2) is 54.7 Å². The van der Waals surface area contributed by atoms with E-state index in [1.54, 1.807) is 0 Å². The molecular formula is C6H18BMgO3P. The van der Waals surface area contributed by atoms with E-state index in [9.17, 15) is 0 Å². The molecule has 0 amide bonds. The third-order valence-electron chi connectivity index (χ3n) is 1.34. The average molecular weight is 204 g/mol. The van der Waals surface area contributed by atoms with Crippen LogP contribution in [0.2, 0.25) is 0 Å². The van der Waals surface area contributed by atoms with Gasteiger partial charge in [0.2, 0.25) is 0 Å². The molecule has 3 nitrogen and oxygen atoms in total. The van der Waals surface area contributed by atoms with Crippen LogP contribution < -0.4 is 10.0 Å². The van der Waals surface area contributed by atoms with Crippen molar-refractivity contribution in [3.63, 3.8) is 0 Å². The van der Waals surface area contributed by atoms with Gasteiger partial charge >= 0.3 is 23.1 Å². The van der Waals surface area contributed by atoms with Crippen molar-refractivity contribution in [3.05, 3.63) is 0 Å². The van der Waals surface area contributed by atoms with Gasteiger partial charge in [-0.2, -0.15) is 0 Å². The van der Waals surface area contributed by atoms with Gasteiger partial charge in [0.25, 0.3) is 0 Å². The third-order valence-corrected chi connectivity index (χ3v) is 4.02. The van der Waals surface area contributed by atoms with E-state index in [0.29, 0.717) is 7.92 Å². The molecule has 0 aromatic carbocycles. The zero-order valence-corrected chi connectivity index (χ0v) is 10.6. The van der Waals surface area contributed by atoms with Gasteiger partial charge in [0.15, 0.2) is 0 Å². The SMILES string of the molecule is CCP(CC)CC.O.[Mg+2].[O-]B[O-]. The second-order valence-corrected chi connectivity index (χ2v) is 4.98.